The van der Waals surface area contributed by atoms with Crippen molar-refractivity contribution in [2.45, 2.75) is 39.0 Å². The Kier molecular flexibility index (Phi) is 12.8. The van der Waals surface area contributed by atoms with Gasteiger partial charge in [0, 0.05) is 19.8 Å². The second-order valence-electron chi connectivity index (χ2n) is 3.50. The maximum atomic E-state index is 8.55. The highest BCUT2D eigenvalue weighted by atomic mass is 16.5. The first kappa shape index (κ1) is 13.9. The first-order chi connectivity index (χ1) is 6.91. The number of rotatable bonds is 11. The fourth-order valence-corrected chi connectivity index (χ4v) is 1.22. The van der Waals surface area contributed by atoms with Crippen molar-refractivity contribution in [1.29, 1.82) is 0 Å². The van der Waals surface area contributed by atoms with Gasteiger partial charge in [-0.15, -0.1) is 0 Å². The average Bonchev–Trinajstić information content (AvgIpc) is 2.21. The Labute approximate surface area is 87.8 Å². The van der Waals surface area contributed by atoms with Gasteiger partial charge in [-0.2, -0.15) is 0 Å². The molecule has 0 bridgehead atoms. The van der Waals surface area contributed by atoms with E-state index in [1.54, 1.807) is 0 Å². The number of unbranched alkanes of at least 4 members (excludes halogenated alkanes) is 3. The molecule has 86 valence electrons. The lowest BCUT2D eigenvalue weighted by atomic mass is 10.2. The van der Waals surface area contributed by atoms with Crippen molar-refractivity contribution in [2.75, 3.05) is 32.9 Å². The monoisotopic (exact) mass is 203 g/mol. The molecule has 3 nitrogen and oxygen atoms in total. The molecule has 0 spiro atoms. The minimum absolute atomic E-state index is 0.321. The van der Waals surface area contributed by atoms with Crippen molar-refractivity contribution < 1.29 is 9.84 Å². The topological polar surface area (TPSA) is 41.5 Å². The minimum atomic E-state index is 0.321. The molecule has 0 radical (unpaired) electrons. The van der Waals surface area contributed by atoms with Crippen molar-refractivity contribution in [2.24, 2.45) is 0 Å². The zero-order valence-corrected chi connectivity index (χ0v) is 9.43. The van der Waals surface area contributed by atoms with E-state index in [9.17, 15) is 0 Å². The molecule has 0 rings (SSSR count). The second kappa shape index (κ2) is 12.9. The van der Waals surface area contributed by atoms with Gasteiger partial charge in [-0.25, -0.2) is 0 Å². The Balaban J connectivity index is 2.78. The van der Waals surface area contributed by atoms with E-state index in [0.29, 0.717) is 6.61 Å². The van der Waals surface area contributed by atoms with Crippen molar-refractivity contribution >= 4 is 0 Å². The number of nitrogens with one attached hydrogen (secondary N) is 1. The first-order valence-electron chi connectivity index (χ1n) is 5.81. The van der Waals surface area contributed by atoms with Crippen LogP contribution in [0.25, 0.3) is 0 Å². The summed E-state index contributed by atoms with van der Waals surface area (Å²) in [6.07, 6.45) is 5.52. The minimum Gasteiger partial charge on any atom is -0.396 e. The van der Waals surface area contributed by atoms with Crippen LogP contribution in [0.3, 0.4) is 0 Å². The summed E-state index contributed by atoms with van der Waals surface area (Å²) in [6, 6.07) is 0. The molecule has 3 heteroatoms. The van der Waals surface area contributed by atoms with E-state index in [1.165, 1.54) is 12.8 Å². The molecule has 0 fully saturated rings. The summed E-state index contributed by atoms with van der Waals surface area (Å²) in [4.78, 5) is 0. The van der Waals surface area contributed by atoms with Gasteiger partial charge in [-0.3, -0.25) is 0 Å². The van der Waals surface area contributed by atoms with Crippen LogP contribution in [0.5, 0.6) is 0 Å². The zero-order valence-electron chi connectivity index (χ0n) is 9.43. The number of aliphatic hydroxyl groups excluding tert-OH is 1. The molecule has 0 aliphatic carbocycles. The molecule has 0 aromatic heterocycles. The van der Waals surface area contributed by atoms with Gasteiger partial charge in [-0.1, -0.05) is 19.8 Å². The highest BCUT2D eigenvalue weighted by Crippen LogP contribution is 1.98. The van der Waals surface area contributed by atoms with E-state index in [4.69, 9.17) is 9.84 Å². The van der Waals surface area contributed by atoms with Crippen LogP contribution in [0.4, 0.5) is 0 Å². The molecule has 0 unspecified atom stereocenters. The number of hydrogen-bond donors (Lipinski definition) is 2. The molecule has 0 aliphatic rings. The molecule has 0 saturated heterocycles. The van der Waals surface area contributed by atoms with Crippen LogP contribution in [0, 0.1) is 0 Å². The maximum Gasteiger partial charge on any atom is 0.0590 e. The Bertz CT molecular complexity index is 87.3. The largest absolute Gasteiger partial charge is 0.396 e. The van der Waals surface area contributed by atoms with Crippen molar-refractivity contribution in [3.8, 4) is 0 Å². The lowest BCUT2D eigenvalue weighted by Crippen LogP contribution is -2.20. The van der Waals surface area contributed by atoms with Crippen LogP contribution >= 0.6 is 0 Å². The van der Waals surface area contributed by atoms with Crippen LogP contribution in [-0.4, -0.2) is 38.0 Å². The maximum absolute atomic E-state index is 8.55. The molecule has 0 aliphatic heterocycles. The number of aliphatic hydroxyl groups is 1. The predicted molar refractivity (Wildman–Crippen MR) is 59.5 cm³/mol. The zero-order chi connectivity index (χ0) is 10.5. The molecule has 0 amide bonds. The quantitative estimate of drug-likeness (QED) is 0.501. The van der Waals surface area contributed by atoms with Crippen LogP contribution in [0.2, 0.25) is 0 Å². The molecule has 0 heterocycles. The van der Waals surface area contributed by atoms with Crippen LogP contribution in [-0.2, 0) is 4.74 Å². The van der Waals surface area contributed by atoms with Crippen molar-refractivity contribution in [3.05, 3.63) is 0 Å². The number of ether oxygens (including phenoxy) is 1. The van der Waals surface area contributed by atoms with Crippen LogP contribution in [0.15, 0.2) is 0 Å². The summed E-state index contributed by atoms with van der Waals surface area (Å²) in [5.41, 5.74) is 0. The Morgan fingerprint density at radius 1 is 1.00 bits per heavy atom. The second-order valence-corrected chi connectivity index (χ2v) is 3.50. The highest BCUT2D eigenvalue weighted by molar-refractivity contribution is 4.45. The third-order valence-electron chi connectivity index (χ3n) is 2.05. The van der Waals surface area contributed by atoms with Crippen molar-refractivity contribution in [3.63, 3.8) is 0 Å². The van der Waals surface area contributed by atoms with Gasteiger partial charge in [0.25, 0.3) is 0 Å². The highest BCUT2D eigenvalue weighted by Gasteiger charge is 1.90. The van der Waals surface area contributed by atoms with Gasteiger partial charge in [0.1, 0.15) is 0 Å². The van der Waals surface area contributed by atoms with Gasteiger partial charge in [0.2, 0.25) is 0 Å². The lowest BCUT2D eigenvalue weighted by Gasteiger charge is -2.04. The summed E-state index contributed by atoms with van der Waals surface area (Å²) < 4.78 is 5.44. The fourth-order valence-electron chi connectivity index (χ4n) is 1.22. The molecule has 0 atom stereocenters. The first-order valence-corrected chi connectivity index (χ1v) is 5.81. The van der Waals surface area contributed by atoms with Crippen LogP contribution < -0.4 is 5.32 Å². The molecular weight excluding hydrogens is 178 g/mol. The van der Waals surface area contributed by atoms with Gasteiger partial charge in [0.05, 0.1) is 6.61 Å². The Morgan fingerprint density at radius 2 is 1.79 bits per heavy atom. The van der Waals surface area contributed by atoms with Gasteiger partial charge in [0.15, 0.2) is 0 Å². The molecule has 14 heavy (non-hydrogen) atoms. The van der Waals surface area contributed by atoms with E-state index in [1.807, 2.05) is 0 Å². The van der Waals surface area contributed by atoms with Crippen LogP contribution in [0.1, 0.15) is 39.0 Å². The fraction of sp³-hybridized carbons (Fsp3) is 1.00. The lowest BCUT2D eigenvalue weighted by molar-refractivity contribution is 0.131. The molecule has 0 aromatic carbocycles. The summed E-state index contributed by atoms with van der Waals surface area (Å²) in [7, 11) is 0. The summed E-state index contributed by atoms with van der Waals surface area (Å²) in [5, 5.41) is 11.8. The molecule has 2 N–H and O–H groups in total. The van der Waals surface area contributed by atoms with E-state index in [-0.39, 0.29) is 0 Å². The van der Waals surface area contributed by atoms with Crippen molar-refractivity contribution in [1.82, 2.24) is 5.32 Å². The molecule has 0 saturated carbocycles. The Hall–Kier alpha value is -0.120. The summed E-state index contributed by atoms with van der Waals surface area (Å²) in [5.74, 6) is 0. The van der Waals surface area contributed by atoms with E-state index < -0.39 is 0 Å². The van der Waals surface area contributed by atoms with Gasteiger partial charge >= 0.3 is 0 Å². The third kappa shape index (κ3) is 11.9. The number of hydrogen-bond acceptors (Lipinski definition) is 3. The standard InChI is InChI=1S/C11H25NO2/c1-2-7-12-8-11-14-10-6-4-3-5-9-13/h12-13H,2-11H2,1H3. The predicted octanol–water partition coefficient (Wildman–Crippen LogP) is 1.56. The Morgan fingerprint density at radius 3 is 2.50 bits per heavy atom. The average molecular weight is 203 g/mol. The molecular formula is C11H25NO2. The van der Waals surface area contributed by atoms with E-state index in [2.05, 4.69) is 12.2 Å². The molecule has 0 aromatic rings. The van der Waals surface area contributed by atoms with Gasteiger partial charge in [-0.05, 0) is 25.8 Å². The normalized spacial score (nSPS) is 10.7. The van der Waals surface area contributed by atoms with Gasteiger partial charge < -0.3 is 15.2 Å². The smallest absolute Gasteiger partial charge is 0.0590 e. The van der Waals surface area contributed by atoms with E-state index >= 15 is 0 Å². The van der Waals surface area contributed by atoms with E-state index in [0.717, 1.165) is 45.6 Å². The summed E-state index contributed by atoms with van der Waals surface area (Å²) >= 11 is 0. The summed E-state index contributed by atoms with van der Waals surface area (Å²) in [6.45, 7) is 6.21. The third-order valence-corrected chi connectivity index (χ3v) is 2.05. The SMILES string of the molecule is CCCNCCOCCCCCCO.